The van der Waals surface area contributed by atoms with E-state index in [0.717, 1.165) is 30.4 Å². The summed E-state index contributed by atoms with van der Waals surface area (Å²) >= 11 is 9.48. The lowest BCUT2D eigenvalue weighted by molar-refractivity contribution is -0.131. The summed E-state index contributed by atoms with van der Waals surface area (Å²) in [6.45, 7) is 1.64. The lowest BCUT2D eigenvalue weighted by Crippen LogP contribution is -2.37. The van der Waals surface area contributed by atoms with Gasteiger partial charge in [-0.15, -0.1) is 11.6 Å². The Kier molecular flexibility index (Phi) is 4.40. The van der Waals surface area contributed by atoms with Gasteiger partial charge in [0.2, 0.25) is 5.91 Å². The molecule has 1 aromatic heterocycles. The topological polar surface area (TPSA) is 33.2 Å². The van der Waals surface area contributed by atoms with Gasteiger partial charge in [-0.3, -0.25) is 9.78 Å². The Morgan fingerprint density at radius 1 is 1.35 bits per heavy atom. The highest BCUT2D eigenvalue weighted by Crippen LogP contribution is 2.24. The van der Waals surface area contributed by atoms with Crippen LogP contribution < -0.4 is 0 Å². The summed E-state index contributed by atoms with van der Waals surface area (Å²) in [6.07, 6.45) is 5.01. The van der Waals surface area contributed by atoms with E-state index < -0.39 is 5.38 Å². The zero-order valence-electron chi connectivity index (χ0n) is 9.40. The van der Waals surface area contributed by atoms with Crippen LogP contribution in [0.15, 0.2) is 22.8 Å². The van der Waals surface area contributed by atoms with E-state index in [9.17, 15) is 4.79 Å². The summed E-state index contributed by atoms with van der Waals surface area (Å²) in [5, 5.41) is -0.666. The number of carbonyl (C=O) groups excluding carboxylic acids is 1. The lowest BCUT2D eigenvalue weighted by atomic mass is 10.1. The fraction of sp³-hybridized carbons (Fsp3) is 0.500. The third-order valence-electron chi connectivity index (χ3n) is 2.89. The van der Waals surface area contributed by atoms with E-state index in [-0.39, 0.29) is 5.91 Å². The quantitative estimate of drug-likeness (QED) is 0.785. The molecule has 1 aliphatic rings. The SMILES string of the molecule is O=C(C(Cl)c1ccc(Br)cn1)N1CCCCC1. The number of hydrogen-bond donors (Lipinski definition) is 0. The highest BCUT2D eigenvalue weighted by molar-refractivity contribution is 9.10. The number of rotatable bonds is 2. The first-order valence-electron chi connectivity index (χ1n) is 5.73. The molecule has 2 rings (SSSR count). The predicted octanol–water partition coefficient (Wildman–Crippen LogP) is 3.14. The van der Waals surface area contributed by atoms with E-state index in [1.807, 2.05) is 11.0 Å². The van der Waals surface area contributed by atoms with Crippen LogP contribution in [0.4, 0.5) is 0 Å². The monoisotopic (exact) mass is 316 g/mol. The number of nitrogens with zero attached hydrogens (tertiary/aromatic N) is 2. The van der Waals surface area contributed by atoms with Crippen LogP contribution in [-0.4, -0.2) is 28.9 Å². The fourth-order valence-electron chi connectivity index (χ4n) is 1.94. The molecule has 1 fully saturated rings. The number of alkyl halides is 1. The molecule has 0 aliphatic carbocycles. The van der Waals surface area contributed by atoms with E-state index in [2.05, 4.69) is 20.9 Å². The van der Waals surface area contributed by atoms with E-state index in [0.29, 0.717) is 5.69 Å². The molecule has 1 atom stereocenters. The second kappa shape index (κ2) is 5.83. The molecule has 2 heterocycles. The van der Waals surface area contributed by atoms with Crippen molar-refractivity contribution < 1.29 is 4.79 Å². The standard InChI is InChI=1S/C12H14BrClN2O/c13-9-4-5-10(15-8-9)11(14)12(17)16-6-2-1-3-7-16/h4-5,8,11H,1-3,6-7H2. The Labute approximate surface area is 114 Å². The van der Waals surface area contributed by atoms with Crippen molar-refractivity contribution in [1.29, 1.82) is 0 Å². The minimum absolute atomic E-state index is 0.0267. The van der Waals surface area contributed by atoms with Crippen molar-refractivity contribution in [2.75, 3.05) is 13.1 Å². The highest BCUT2D eigenvalue weighted by atomic mass is 79.9. The Balaban J connectivity index is 2.05. The summed E-state index contributed by atoms with van der Waals surface area (Å²) in [6, 6.07) is 3.63. The van der Waals surface area contributed by atoms with Crippen LogP contribution in [0.5, 0.6) is 0 Å². The third-order valence-corrected chi connectivity index (χ3v) is 3.77. The smallest absolute Gasteiger partial charge is 0.246 e. The molecule has 1 aliphatic heterocycles. The van der Waals surface area contributed by atoms with Gasteiger partial charge in [0.25, 0.3) is 0 Å². The predicted molar refractivity (Wildman–Crippen MR) is 71.0 cm³/mol. The molecule has 1 unspecified atom stereocenters. The molecule has 92 valence electrons. The van der Waals surface area contributed by atoms with Crippen LogP contribution >= 0.6 is 27.5 Å². The second-order valence-electron chi connectivity index (χ2n) is 4.15. The van der Waals surface area contributed by atoms with E-state index in [4.69, 9.17) is 11.6 Å². The van der Waals surface area contributed by atoms with Gasteiger partial charge in [0.1, 0.15) is 0 Å². The molecule has 0 radical (unpaired) electrons. The van der Waals surface area contributed by atoms with Gasteiger partial charge in [-0.25, -0.2) is 0 Å². The third kappa shape index (κ3) is 3.19. The van der Waals surface area contributed by atoms with Gasteiger partial charge in [-0.2, -0.15) is 0 Å². The van der Waals surface area contributed by atoms with Crippen LogP contribution in [0.25, 0.3) is 0 Å². The molecule has 0 N–H and O–H groups in total. The highest BCUT2D eigenvalue weighted by Gasteiger charge is 2.25. The zero-order chi connectivity index (χ0) is 12.3. The van der Waals surface area contributed by atoms with Crippen LogP contribution in [0.2, 0.25) is 0 Å². The molecular weight excluding hydrogens is 304 g/mol. The number of likely N-dealkylation sites (tertiary alicyclic amines) is 1. The van der Waals surface area contributed by atoms with Crippen LogP contribution in [0.3, 0.4) is 0 Å². The van der Waals surface area contributed by atoms with Gasteiger partial charge in [-0.05, 0) is 47.3 Å². The number of aromatic nitrogens is 1. The zero-order valence-corrected chi connectivity index (χ0v) is 11.7. The molecule has 0 aromatic carbocycles. The van der Waals surface area contributed by atoms with Gasteiger partial charge in [0.15, 0.2) is 5.38 Å². The minimum atomic E-state index is -0.666. The number of piperidine rings is 1. The molecule has 3 nitrogen and oxygen atoms in total. The summed E-state index contributed by atoms with van der Waals surface area (Å²) in [5.74, 6) is -0.0267. The first-order valence-corrected chi connectivity index (χ1v) is 6.96. The van der Waals surface area contributed by atoms with Crippen LogP contribution in [0, 0.1) is 0 Å². The molecule has 1 amide bonds. The van der Waals surface area contributed by atoms with Gasteiger partial charge in [-0.1, -0.05) is 0 Å². The van der Waals surface area contributed by atoms with Crippen LogP contribution in [-0.2, 0) is 4.79 Å². The Morgan fingerprint density at radius 3 is 2.65 bits per heavy atom. The van der Waals surface area contributed by atoms with Crippen molar-refractivity contribution in [2.45, 2.75) is 24.6 Å². The lowest BCUT2D eigenvalue weighted by Gasteiger charge is -2.28. The van der Waals surface area contributed by atoms with Crippen LogP contribution in [0.1, 0.15) is 30.3 Å². The fourth-order valence-corrected chi connectivity index (χ4v) is 2.44. The number of halogens is 2. The van der Waals surface area contributed by atoms with Crippen molar-refractivity contribution in [2.24, 2.45) is 0 Å². The number of pyridine rings is 1. The summed E-state index contributed by atoms with van der Waals surface area (Å²) in [7, 11) is 0. The Hall–Kier alpha value is -0.610. The first kappa shape index (κ1) is 12.8. The molecular formula is C12H14BrClN2O. The Bertz CT molecular complexity index is 390. The van der Waals surface area contributed by atoms with E-state index in [1.54, 1.807) is 12.3 Å². The molecule has 1 aromatic rings. The van der Waals surface area contributed by atoms with Crippen molar-refractivity contribution in [3.05, 3.63) is 28.5 Å². The number of amides is 1. The number of carbonyl (C=O) groups is 1. The van der Waals surface area contributed by atoms with E-state index in [1.165, 1.54) is 6.42 Å². The van der Waals surface area contributed by atoms with Gasteiger partial charge in [0.05, 0.1) is 5.69 Å². The van der Waals surface area contributed by atoms with Crippen molar-refractivity contribution in [3.8, 4) is 0 Å². The maximum Gasteiger partial charge on any atom is 0.246 e. The largest absolute Gasteiger partial charge is 0.341 e. The van der Waals surface area contributed by atoms with Gasteiger partial charge in [0, 0.05) is 23.8 Å². The molecule has 1 saturated heterocycles. The second-order valence-corrected chi connectivity index (χ2v) is 5.50. The first-order chi connectivity index (χ1) is 8.18. The molecule has 17 heavy (non-hydrogen) atoms. The summed E-state index contributed by atoms with van der Waals surface area (Å²) in [5.41, 5.74) is 0.616. The average molecular weight is 318 g/mol. The van der Waals surface area contributed by atoms with Crippen molar-refractivity contribution in [1.82, 2.24) is 9.88 Å². The summed E-state index contributed by atoms with van der Waals surface area (Å²) in [4.78, 5) is 18.1. The molecule has 0 bridgehead atoms. The van der Waals surface area contributed by atoms with Gasteiger partial charge < -0.3 is 4.90 Å². The maximum absolute atomic E-state index is 12.1. The van der Waals surface area contributed by atoms with Crippen molar-refractivity contribution in [3.63, 3.8) is 0 Å². The minimum Gasteiger partial charge on any atom is -0.341 e. The molecule has 0 saturated carbocycles. The summed E-state index contributed by atoms with van der Waals surface area (Å²) < 4.78 is 0.885. The molecule has 0 spiro atoms. The molecule has 5 heteroatoms. The van der Waals surface area contributed by atoms with E-state index >= 15 is 0 Å². The number of hydrogen-bond acceptors (Lipinski definition) is 2. The maximum atomic E-state index is 12.1. The average Bonchev–Trinajstić information content (AvgIpc) is 2.39. The Morgan fingerprint density at radius 2 is 2.06 bits per heavy atom. The normalized spacial score (nSPS) is 17.9. The van der Waals surface area contributed by atoms with Crippen molar-refractivity contribution >= 4 is 33.4 Å². The van der Waals surface area contributed by atoms with Gasteiger partial charge >= 0.3 is 0 Å².